The number of aromatic nitrogens is 1. The number of pyridine rings is 1. The molecule has 3 heteroatoms. The largest absolute Gasteiger partial charge is 0.390 e. The van der Waals surface area contributed by atoms with E-state index in [1.165, 1.54) is 31.4 Å². The van der Waals surface area contributed by atoms with Crippen LogP contribution in [0.15, 0.2) is 18.3 Å². The van der Waals surface area contributed by atoms with Crippen LogP contribution in [0, 0.1) is 0 Å². The van der Waals surface area contributed by atoms with Gasteiger partial charge in [-0.1, -0.05) is 26.7 Å². The molecule has 0 saturated carbocycles. The zero-order valence-electron chi connectivity index (χ0n) is 11.0. The third-order valence-electron chi connectivity index (χ3n) is 2.89. The Morgan fingerprint density at radius 1 is 1.18 bits per heavy atom. The van der Waals surface area contributed by atoms with Gasteiger partial charge in [-0.3, -0.25) is 4.98 Å². The molecule has 1 heterocycles. The van der Waals surface area contributed by atoms with Gasteiger partial charge in [-0.15, -0.1) is 0 Å². The number of nitrogens with zero attached hydrogens (tertiary/aromatic N) is 2. The number of anilines is 1. The Labute approximate surface area is 104 Å². The van der Waals surface area contributed by atoms with Crippen molar-refractivity contribution in [3.63, 3.8) is 0 Å². The Hall–Kier alpha value is -1.09. The molecular formula is C14H24N2O. The van der Waals surface area contributed by atoms with Crippen molar-refractivity contribution in [2.24, 2.45) is 0 Å². The summed E-state index contributed by atoms with van der Waals surface area (Å²) in [6, 6.07) is 4.02. The number of hydrogen-bond donors (Lipinski definition) is 1. The molecule has 0 fully saturated rings. The highest BCUT2D eigenvalue weighted by molar-refractivity contribution is 5.46. The van der Waals surface area contributed by atoms with Gasteiger partial charge < -0.3 is 10.0 Å². The first kappa shape index (κ1) is 14.0. The van der Waals surface area contributed by atoms with Gasteiger partial charge in [-0.05, 0) is 25.0 Å². The van der Waals surface area contributed by atoms with Crippen molar-refractivity contribution < 1.29 is 5.11 Å². The van der Waals surface area contributed by atoms with Crippen molar-refractivity contribution in [2.75, 3.05) is 18.0 Å². The Kier molecular flexibility index (Phi) is 6.63. The van der Waals surface area contributed by atoms with Crippen LogP contribution in [0.25, 0.3) is 0 Å². The van der Waals surface area contributed by atoms with Crippen molar-refractivity contribution >= 4 is 5.69 Å². The van der Waals surface area contributed by atoms with E-state index in [0.717, 1.165) is 18.8 Å². The van der Waals surface area contributed by atoms with Gasteiger partial charge in [0.1, 0.15) is 0 Å². The maximum Gasteiger partial charge on any atom is 0.0853 e. The number of aliphatic hydroxyl groups excluding tert-OH is 1. The van der Waals surface area contributed by atoms with Gasteiger partial charge >= 0.3 is 0 Å². The molecule has 0 bridgehead atoms. The molecule has 0 radical (unpaired) electrons. The van der Waals surface area contributed by atoms with Crippen molar-refractivity contribution in [1.82, 2.24) is 4.98 Å². The maximum absolute atomic E-state index is 9.11. The predicted molar refractivity (Wildman–Crippen MR) is 72.2 cm³/mol. The third kappa shape index (κ3) is 4.73. The summed E-state index contributed by atoms with van der Waals surface area (Å²) in [6.45, 7) is 6.62. The van der Waals surface area contributed by atoms with Gasteiger partial charge in [0.25, 0.3) is 0 Å². The van der Waals surface area contributed by atoms with E-state index >= 15 is 0 Å². The van der Waals surface area contributed by atoms with Gasteiger partial charge in [-0.25, -0.2) is 0 Å². The van der Waals surface area contributed by atoms with Crippen molar-refractivity contribution in [1.29, 1.82) is 0 Å². The zero-order chi connectivity index (χ0) is 12.5. The minimum Gasteiger partial charge on any atom is -0.390 e. The quantitative estimate of drug-likeness (QED) is 0.754. The van der Waals surface area contributed by atoms with Gasteiger partial charge in [0.05, 0.1) is 12.3 Å². The summed E-state index contributed by atoms with van der Waals surface area (Å²) in [4.78, 5) is 6.52. The Bertz CT molecular complexity index is 307. The first-order valence-corrected chi connectivity index (χ1v) is 6.62. The fourth-order valence-electron chi connectivity index (χ4n) is 1.82. The summed E-state index contributed by atoms with van der Waals surface area (Å²) in [7, 11) is 0. The van der Waals surface area contributed by atoms with Gasteiger partial charge in [0.2, 0.25) is 0 Å². The lowest BCUT2D eigenvalue weighted by Gasteiger charge is -2.24. The average molecular weight is 236 g/mol. The molecule has 0 unspecified atom stereocenters. The highest BCUT2D eigenvalue weighted by atomic mass is 16.3. The van der Waals surface area contributed by atoms with Crippen LogP contribution in [-0.2, 0) is 6.61 Å². The summed E-state index contributed by atoms with van der Waals surface area (Å²) in [5.41, 5.74) is 1.94. The minimum atomic E-state index is 0.0171. The molecule has 1 N–H and O–H groups in total. The summed E-state index contributed by atoms with van der Waals surface area (Å²) >= 11 is 0. The minimum absolute atomic E-state index is 0.0171. The van der Waals surface area contributed by atoms with Crippen LogP contribution in [0.4, 0.5) is 5.69 Å². The average Bonchev–Trinajstić information content (AvgIpc) is 2.39. The summed E-state index contributed by atoms with van der Waals surface area (Å²) < 4.78 is 0. The summed E-state index contributed by atoms with van der Waals surface area (Å²) in [5.74, 6) is 0. The Balaban J connectivity index is 2.71. The molecule has 0 amide bonds. The normalized spacial score (nSPS) is 10.5. The van der Waals surface area contributed by atoms with Gasteiger partial charge in [0.15, 0.2) is 0 Å². The molecule has 0 aliphatic rings. The highest BCUT2D eigenvalue weighted by Gasteiger charge is 2.06. The van der Waals surface area contributed by atoms with Crippen LogP contribution in [0.1, 0.15) is 45.2 Å². The van der Waals surface area contributed by atoms with E-state index in [9.17, 15) is 0 Å². The smallest absolute Gasteiger partial charge is 0.0853 e. The third-order valence-corrected chi connectivity index (χ3v) is 2.89. The van der Waals surface area contributed by atoms with Gasteiger partial charge in [0, 0.05) is 25.0 Å². The standard InChI is InChI=1S/C14H24N2O/c1-3-5-9-16(10-6-4-2)14-7-8-15-13(11-14)12-17/h7-8,11,17H,3-6,9-10,12H2,1-2H3. The lowest BCUT2D eigenvalue weighted by Crippen LogP contribution is -2.25. The van der Waals surface area contributed by atoms with Gasteiger partial charge in [-0.2, -0.15) is 0 Å². The van der Waals surface area contributed by atoms with Crippen molar-refractivity contribution in [2.45, 2.75) is 46.1 Å². The summed E-state index contributed by atoms with van der Waals surface area (Å²) in [5, 5.41) is 9.11. The summed E-state index contributed by atoms with van der Waals surface area (Å²) in [6.07, 6.45) is 6.62. The molecule has 0 spiro atoms. The van der Waals surface area contributed by atoms with Crippen LogP contribution >= 0.6 is 0 Å². The van der Waals surface area contributed by atoms with E-state index in [1.807, 2.05) is 12.1 Å². The molecule has 96 valence electrons. The lowest BCUT2D eigenvalue weighted by molar-refractivity contribution is 0.277. The highest BCUT2D eigenvalue weighted by Crippen LogP contribution is 2.16. The van der Waals surface area contributed by atoms with Crippen LogP contribution in [0.3, 0.4) is 0 Å². The Morgan fingerprint density at radius 2 is 1.82 bits per heavy atom. The van der Waals surface area contributed by atoms with E-state index < -0.39 is 0 Å². The monoisotopic (exact) mass is 236 g/mol. The topological polar surface area (TPSA) is 36.4 Å². The molecule has 3 nitrogen and oxygen atoms in total. The van der Waals surface area contributed by atoms with E-state index in [1.54, 1.807) is 6.20 Å². The van der Waals surface area contributed by atoms with Crippen LogP contribution in [-0.4, -0.2) is 23.2 Å². The molecule has 0 aliphatic heterocycles. The van der Waals surface area contributed by atoms with E-state index in [0.29, 0.717) is 0 Å². The SMILES string of the molecule is CCCCN(CCCC)c1ccnc(CO)c1. The second-order valence-corrected chi connectivity index (χ2v) is 4.36. The van der Waals surface area contributed by atoms with Crippen LogP contribution < -0.4 is 4.90 Å². The first-order chi connectivity index (χ1) is 8.31. The number of unbranched alkanes of at least 4 members (excludes halogenated alkanes) is 2. The molecule has 17 heavy (non-hydrogen) atoms. The molecule has 0 saturated heterocycles. The predicted octanol–water partition coefficient (Wildman–Crippen LogP) is 2.98. The van der Waals surface area contributed by atoms with Crippen molar-refractivity contribution in [3.05, 3.63) is 24.0 Å². The molecule has 0 atom stereocenters. The van der Waals surface area contributed by atoms with Crippen LogP contribution in [0.2, 0.25) is 0 Å². The molecule has 1 aromatic heterocycles. The van der Waals surface area contributed by atoms with Crippen LogP contribution in [0.5, 0.6) is 0 Å². The lowest BCUT2D eigenvalue weighted by atomic mass is 10.2. The molecule has 0 aliphatic carbocycles. The Morgan fingerprint density at radius 3 is 2.35 bits per heavy atom. The number of aliphatic hydroxyl groups is 1. The van der Waals surface area contributed by atoms with E-state index in [2.05, 4.69) is 23.7 Å². The molecule has 1 rings (SSSR count). The second kappa shape index (κ2) is 8.07. The first-order valence-electron chi connectivity index (χ1n) is 6.62. The molecule has 0 aromatic carbocycles. The molecular weight excluding hydrogens is 212 g/mol. The fourth-order valence-corrected chi connectivity index (χ4v) is 1.82. The van der Waals surface area contributed by atoms with E-state index in [4.69, 9.17) is 5.11 Å². The fraction of sp³-hybridized carbons (Fsp3) is 0.643. The zero-order valence-corrected chi connectivity index (χ0v) is 11.0. The second-order valence-electron chi connectivity index (χ2n) is 4.36. The van der Waals surface area contributed by atoms with Crippen molar-refractivity contribution in [3.8, 4) is 0 Å². The maximum atomic E-state index is 9.11. The number of hydrogen-bond acceptors (Lipinski definition) is 3. The molecule has 1 aromatic rings. The van der Waals surface area contributed by atoms with E-state index in [-0.39, 0.29) is 6.61 Å². The number of rotatable bonds is 8.